The average molecular weight is 306 g/mol. The molecule has 0 aliphatic carbocycles. The van der Waals surface area contributed by atoms with E-state index in [0.717, 1.165) is 20.8 Å². The maximum absolute atomic E-state index is 11.9. The van der Waals surface area contributed by atoms with E-state index >= 15 is 0 Å². The number of aliphatic hydroxyl groups is 4. The molecule has 9 heteroatoms. The summed E-state index contributed by atoms with van der Waals surface area (Å²) in [5.41, 5.74) is -2.52. The molecule has 0 aromatic carbocycles. The summed E-state index contributed by atoms with van der Waals surface area (Å²) in [4.78, 5) is 34.9. The van der Waals surface area contributed by atoms with Gasteiger partial charge in [0.1, 0.15) is 24.4 Å². The highest BCUT2D eigenvalue weighted by molar-refractivity contribution is 6.10. The van der Waals surface area contributed by atoms with Crippen LogP contribution in [0.25, 0.3) is 0 Å². The quantitative estimate of drug-likeness (QED) is 0.320. The molecule has 0 aromatic heterocycles. The van der Waals surface area contributed by atoms with Crippen LogP contribution < -0.4 is 0 Å². The van der Waals surface area contributed by atoms with E-state index in [0.29, 0.717) is 0 Å². The lowest BCUT2D eigenvalue weighted by molar-refractivity contribution is -0.304. The Labute approximate surface area is 120 Å². The van der Waals surface area contributed by atoms with Crippen molar-refractivity contribution in [1.29, 1.82) is 0 Å². The number of hydrogen-bond acceptors (Lipinski definition) is 9. The normalized spacial score (nSPS) is 33.4. The van der Waals surface area contributed by atoms with Crippen molar-refractivity contribution in [3.8, 4) is 0 Å². The standard InChI is InChI=1S/C12H18O9/c1-4(13)12(5(2)14,21-6(3)15)10-8(17)7(16)9(18)11(19)20-10/h7-11,16-19H,1-3H3/t7-,8-,9+,10-,11-/m0/s1. The molecule has 0 amide bonds. The minimum Gasteiger partial charge on any atom is -0.440 e. The van der Waals surface area contributed by atoms with Crippen LogP contribution in [0.4, 0.5) is 0 Å². The molecule has 5 atom stereocenters. The molecule has 0 unspecified atom stereocenters. The first kappa shape index (κ1) is 17.7. The van der Waals surface area contributed by atoms with Crippen LogP contribution in [0, 0.1) is 0 Å². The number of carbonyl (C=O) groups is 3. The Balaban J connectivity index is 3.34. The Morgan fingerprint density at radius 3 is 1.76 bits per heavy atom. The van der Waals surface area contributed by atoms with Crippen molar-refractivity contribution in [2.75, 3.05) is 0 Å². The van der Waals surface area contributed by atoms with Gasteiger partial charge in [0.15, 0.2) is 17.9 Å². The summed E-state index contributed by atoms with van der Waals surface area (Å²) in [7, 11) is 0. The molecule has 0 bridgehead atoms. The van der Waals surface area contributed by atoms with Crippen LogP contribution in [-0.4, -0.2) is 74.3 Å². The van der Waals surface area contributed by atoms with Gasteiger partial charge in [-0.1, -0.05) is 0 Å². The summed E-state index contributed by atoms with van der Waals surface area (Å²) < 4.78 is 9.62. The average Bonchev–Trinajstić information content (AvgIpc) is 2.37. The van der Waals surface area contributed by atoms with Crippen LogP contribution >= 0.6 is 0 Å². The second kappa shape index (κ2) is 6.16. The molecule has 0 radical (unpaired) electrons. The molecule has 1 fully saturated rings. The number of hydrogen-bond donors (Lipinski definition) is 4. The van der Waals surface area contributed by atoms with E-state index in [1.54, 1.807) is 0 Å². The first-order valence-electron chi connectivity index (χ1n) is 6.15. The summed E-state index contributed by atoms with van der Waals surface area (Å²) in [5, 5.41) is 38.5. The Morgan fingerprint density at radius 1 is 0.905 bits per heavy atom. The maximum Gasteiger partial charge on any atom is 0.304 e. The zero-order valence-corrected chi connectivity index (χ0v) is 11.7. The minimum atomic E-state index is -2.52. The highest BCUT2D eigenvalue weighted by atomic mass is 16.7. The van der Waals surface area contributed by atoms with Crippen LogP contribution in [0.1, 0.15) is 20.8 Å². The van der Waals surface area contributed by atoms with Crippen LogP contribution in [-0.2, 0) is 23.9 Å². The van der Waals surface area contributed by atoms with Crippen molar-refractivity contribution in [1.82, 2.24) is 0 Å². The van der Waals surface area contributed by atoms with Crippen molar-refractivity contribution < 1.29 is 44.3 Å². The number of carbonyl (C=O) groups excluding carboxylic acids is 3. The van der Waals surface area contributed by atoms with Gasteiger partial charge in [0.05, 0.1) is 0 Å². The van der Waals surface area contributed by atoms with E-state index in [2.05, 4.69) is 0 Å². The number of ether oxygens (including phenoxy) is 2. The van der Waals surface area contributed by atoms with E-state index < -0.39 is 53.8 Å². The van der Waals surface area contributed by atoms with Crippen LogP contribution in [0.15, 0.2) is 0 Å². The Morgan fingerprint density at radius 2 is 1.38 bits per heavy atom. The van der Waals surface area contributed by atoms with E-state index in [-0.39, 0.29) is 0 Å². The second-order valence-corrected chi connectivity index (χ2v) is 4.86. The van der Waals surface area contributed by atoms with Crippen molar-refractivity contribution in [2.24, 2.45) is 0 Å². The first-order valence-corrected chi connectivity index (χ1v) is 6.15. The van der Waals surface area contributed by atoms with Crippen molar-refractivity contribution in [3.63, 3.8) is 0 Å². The number of ketones is 2. The van der Waals surface area contributed by atoms with Crippen molar-refractivity contribution in [2.45, 2.75) is 57.1 Å². The summed E-state index contributed by atoms with van der Waals surface area (Å²) in [6, 6.07) is 0. The van der Waals surface area contributed by atoms with Crippen LogP contribution in [0.5, 0.6) is 0 Å². The van der Waals surface area contributed by atoms with Gasteiger partial charge in [-0.3, -0.25) is 14.4 Å². The molecular weight excluding hydrogens is 288 g/mol. The number of aliphatic hydroxyl groups excluding tert-OH is 4. The highest BCUT2D eigenvalue weighted by Crippen LogP contribution is 2.32. The molecule has 1 aliphatic heterocycles. The van der Waals surface area contributed by atoms with Gasteiger partial charge in [0.2, 0.25) is 0 Å². The largest absolute Gasteiger partial charge is 0.440 e. The summed E-state index contributed by atoms with van der Waals surface area (Å²) in [6.45, 7) is 2.81. The zero-order valence-electron chi connectivity index (χ0n) is 11.7. The molecule has 21 heavy (non-hydrogen) atoms. The SMILES string of the molecule is CC(=O)OC(C(C)=O)(C(C)=O)[C@H]1O[C@H](O)[C@H](O)[C@@H](O)[C@@H]1O. The van der Waals surface area contributed by atoms with Gasteiger partial charge in [0, 0.05) is 6.92 Å². The Hall–Kier alpha value is -1.39. The topological polar surface area (TPSA) is 151 Å². The molecule has 1 heterocycles. The predicted octanol–water partition coefficient (Wildman–Crippen LogP) is -2.73. The fourth-order valence-corrected chi connectivity index (χ4v) is 2.27. The molecule has 1 aliphatic rings. The summed E-state index contributed by atoms with van der Waals surface area (Å²) >= 11 is 0. The van der Waals surface area contributed by atoms with Gasteiger partial charge >= 0.3 is 5.97 Å². The third-order valence-corrected chi connectivity index (χ3v) is 3.34. The van der Waals surface area contributed by atoms with Gasteiger partial charge in [-0.25, -0.2) is 0 Å². The molecule has 1 saturated heterocycles. The molecule has 1 rings (SSSR count). The first-order chi connectivity index (χ1) is 9.55. The fourth-order valence-electron chi connectivity index (χ4n) is 2.27. The van der Waals surface area contributed by atoms with Crippen molar-refractivity contribution >= 4 is 17.5 Å². The highest BCUT2D eigenvalue weighted by Gasteiger charge is 2.60. The van der Waals surface area contributed by atoms with Gasteiger partial charge in [-0.2, -0.15) is 0 Å². The second-order valence-electron chi connectivity index (χ2n) is 4.86. The minimum absolute atomic E-state index is 0.935. The third-order valence-electron chi connectivity index (χ3n) is 3.34. The van der Waals surface area contributed by atoms with Crippen LogP contribution in [0.3, 0.4) is 0 Å². The van der Waals surface area contributed by atoms with E-state index in [9.17, 15) is 34.8 Å². The molecule has 0 saturated carbocycles. The molecule has 0 aromatic rings. The lowest BCUT2D eigenvalue weighted by Crippen LogP contribution is -2.69. The lowest BCUT2D eigenvalue weighted by Gasteiger charge is -2.44. The van der Waals surface area contributed by atoms with Crippen LogP contribution in [0.2, 0.25) is 0 Å². The van der Waals surface area contributed by atoms with E-state index in [4.69, 9.17) is 9.47 Å². The smallest absolute Gasteiger partial charge is 0.304 e. The number of rotatable bonds is 4. The number of esters is 1. The monoisotopic (exact) mass is 306 g/mol. The molecule has 4 N–H and O–H groups in total. The summed E-state index contributed by atoms with van der Waals surface area (Å²) in [6.07, 6.45) is -9.50. The lowest BCUT2D eigenvalue weighted by atomic mass is 9.81. The Bertz CT molecular complexity index is 432. The predicted molar refractivity (Wildman–Crippen MR) is 64.8 cm³/mol. The summed E-state index contributed by atoms with van der Waals surface area (Å²) in [5.74, 6) is -2.90. The molecule has 9 nitrogen and oxygen atoms in total. The number of Topliss-reactive ketones (excluding diaryl/α,β-unsaturated/α-hetero) is 2. The van der Waals surface area contributed by atoms with Gasteiger partial charge in [-0.15, -0.1) is 0 Å². The van der Waals surface area contributed by atoms with Gasteiger partial charge in [0.25, 0.3) is 5.60 Å². The van der Waals surface area contributed by atoms with E-state index in [1.165, 1.54) is 0 Å². The maximum atomic E-state index is 11.9. The van der Waals surface area contributed by atoms with Gasteiger partial charge in [-0.05, 0) is 13.8 Å². The van der Waals surface area contributed by atoms with Gasteiger partial charge < -0.3 is 29.9 Å². The third kappa shape index (κ3) is 2.97. The van der Waals surface area contributed by atoms with E-state index in [1.807, 2.05) is 0 Å². The molecule has 0 spiro atoms. The molecular formula is C12H18O9. The molecule has 120 valence electrons. The fraction of sp³-hybridized carbons (Fsp3) is 0.750. The Kier molecular flexibility index (Phi) is 5.18. The zero-order chi connectivity index (χ0) is 16.5. The van der Waals surface area contributed by atoms with Crippen molar-refractivity contribution in [3.05, 3.63) is 0 Å².